The van der Waals surface area contributed by atoms with Crippen LogP contribution in [0.5, 0.6) is 17.4 Å². The quantitative estimate of drug-likeness (QED) is 0.268. The van der Waals surface area contributed by atoms with Crippen molar-refractivity contribution in [2.24, 2.45) is 11.8 Å². The summed E-state index contributed by atoms with van der Waals surface area (Å²) in [7, 11) is 0. The molecule has 1 fully saturated rings. The smallest absolute Gasteiger partial charge is 0.421 e. The van der Waals surface area contributed by atoms with Crippen LogP contribution in [-0.4, -0.2) is 33.0 Å². The Kier molecular flexibility index (Phi) is 9.62. The molecule has 4 rings (SSSR count). The van der Waals surface area contributed by atoms with E-state index >= 15 is 0 Å². The van der Waals surface area contributed by atoms with E-state index in [9.17, 15) is 27.9 Å². The first-order valence-corrected chi connectivity index (χ1v) is 14.3. The third kappa shape index (κ3) is 7.63. The van der Waals surface area contributed by atoms with Gasteiger partial charge >= 0.3 is 12.1 Å². The monoisotopic (exact) mass is 599 g/mol. The van der Waals surface area contributed by atoms with Gasteiger partial charge in [-0.3, -0.25) is 9.78 Å². The number of aryl methyl sites for hydroxylation is 2. The molecule has 2 aromatic heterocycles. The molecule has 0 aliphatic heterocycles. The lowest BCUT2D eigenvalue weighted by molar-refractivity contribution is -0.139. The van der Waals surface area contributed by atoms with Gasteiger partial charge in [0.1, 0.15) is 23.7 Å². The van der Waals surface area contributed by atoms with Gasteiger partial charge in [0.15, 0.2) is 0 Å². The van der Waals surface area contributed by atoms with Crippen LogP contribution in [0, 0.1) is 25.7 Å². The average molecular weight is 600 g/mol. The summed E-state index contributed by atoms with van der Waals surface area (Å²) in [6, 6.07) is 7.84. The first-order chi connectivity index (χ1) is 20.2. The average Bonchev–Trinajstić information content (AvgIpc) is 2.93. The zero-order valence-corrected chi connectivity index (χ0v) is 24.9. The maximum Gasteiger partial charge on any atom is 0.421 e. The van der Waals surface area contributed by atoms with Crippen LogP contribution in [0.25, 0.3) is 0 Å². The fraction of sp³-hybridized carbons (Fsp3) is 0.438. The second-order valence-corrected chi connectivity index (χ2v) is 11.4. The van der Waals surface area contributed by atoms with Crippen LogP contribution < -0.4 is 14.4 Å². The fourth-order valence-electron chi connectivity index (χ4n) is 5.27. The number of aromatic nitrogens is 2. The first-order valence-electron chi connectivity index (χ1n) is 14.3. The second-order valence-electron chi connectivity index (χ2n) is 11.4. The van der Waals surface area contributed by atoms with Gasteiger partial charge in [-0.05, 0) is 95.7 Å². The molecule has 1 amide bonds. The number of amides is 1. The number of hydrogen-bond acceptors (Lipinski definition) is 6. The van der Waals surface area contributed by atoms with Gasteiger partial charge in [-0.2, -0.15) is 13.2 Å². The van der Waals surface area contributed by atoms with E-state index < -0.39 is 23.6 Å². The number of carboxylic acid groups (broad SMARTS) is 1. The summed E-state index contributed by atoms with van der Waals surface area (Å²) < 4.78 is 53.3. The molecule has 1 aromatic carbocycles. The Morgan fingerprint density at radius 3 is 2.37 bits per heavy atom. The van der Waals surface area contributed by atoms with Crippen LogP contribution in [0.4, 0.5) is 18.9 Å². The molecule has 1 aliphatic rings. The van der Waals surface area contributed by atoms with Gasteiger partial charge in [0.2, 0.25) is 11.8 Å². The molecule has 1 aliphatic carbocycles. The summed E-state index contributed by atoms with van der Waals surface area (Å²) in [6.45, 7) is 9.11. The van der Waals surface area contributed by atoms with Gasteiger partial charge in [-0.25, -0.2) is 9.78 Å². The van der Waals surface area contributed by atoms with E-state index in [2.05, 4.69) is 16.9 Å². The van der Waals surface area contributed by atoms with Crippen molar-refractivity contribution in [3.8, 4) is 17.4 Å². The van der Waals surface area contributed by atoms with Gasteiger partial charge in [0.05, 0.1) is 16.9 Å². The van der Waals surface area contributed by atoms with Gasteiger partial charge in [-0.1, -0.05) is 6.92 Å². The van der Waals surface area contributed by atoms with Crippen LogP contribution in [-0.2, 0) is 17.6 Å². The van der Waals surface area contributed by atoms with E-state index in [-0.39, 0.29) is 47.0 Å². The Hall–Kier alpha value is -4.15. The minimum atomic E-state index is -4.81. The predicted octanol–water partition coefficient (Wildman–Crippen LogP) is 7.75. The van der Waals surface area contributed by atoms with Crippen molar-refractivity contribution < 1.29 is 37.3 Å². The number of alkyl halides is 3. The number of benzene rings is 1. The number of pyridine rings is 2. The third-order valence-corrected chi connectivity index (χ3v) is 7.58. The molecule has 3 aromatic rings. The third-order valence-electron chi connectivity index (χ3n) is 7.58. The highest BCUT2D eigenvalue weighted by molar-refractivity contribution is 6.03. The van der Waals surface area contributed by atoms with Gasteiger partial charge in [0, 0.05) is 29.4 Å². The molecule has 1 N–H and O–H groups in total. The molecule has 0 saturated heterocycles. The number of ether oxygens (including phenoxy) is 2. The summed E-state index contributed by atoms with van der Waals surface area (Å²) in [5.74, 6) is -1.64. The molecule has 8 nitrogen and oxygen atoms in total. The van der Waals surface area contributed by atoms with Crippen molar-refractivity contribution in [3.63, 3.8) is 0 Å². The zero-order valence-electron chi connectivity index (χ0n) is 24.9. The van der Waals surface area contributed by atoms with Crippen molar-refractivity contribution in [2.45, 2.75) is 79.1 Å². The minimum absolute atomic E-state index is 0.157. The van der Waals surface area contributed by atoms with Crippen molar-refractivity contribution in [1.29, 1.82) is 0 Å². The van der Waals surface area contributed by atoms with Gasteiger partial charge in [-0.15, -0.1) is 0 Å². The lowest BCUT2D eigenvalue weighted by Gasteiger charge is -2.34. The Morgan fingerprint density at radius 2 is 1.77 bits per heavy atom. The van der Waals surface area contributed by atoms with Gasteiger partial charge < -0.3 is 19.5 Å². The van der Waals surface area contributed by atoms with E-state index in [0.29, 0.717) is 17.4 Å². The Morgan fingerprint density at radius 1 is 1.07 bits per heavy atom. The number of nitrogens with zero attached hydrogens (tertiary/aromatic N) is 3. The normalized spacial score (nSPS) is 17.0. The predicted molar refractivity (Wildman–Crippen MR) is 155 cm³/mol. The van der Waals surface area contributed by atoms with Crippen molar-refractivity contribution in [2.75, 3.05) is 4.90 Å². The lowest BCUT2D eigenvalue weighted by atomic mass is 9.82. The Bertz CT molecular complexity index is 1480. The van der Waals surface area contributed by atoms with Crippen molar-refractivity contribution in [3.05, 3.63) is 70.7 Å². The molecule has 2 heterocycles. The van der Waals surface area contributed by atoms with E-state index in [0.717, 1.165) is 43.5 Å². The summed E-state index contributed by atoms with van der Waals surface area (Å²) in [4.78, 5) is 35.4. The number of carbonyl (C=O) groups is 2. The molecular weight excluding hydrogens is 563 g/mol. The van der Waals surface area contributed by atoms with E-state index in [1.807, 2.05) is 6.92 Å². The highest BCUT2D eigenvalue weighted by atomic mass is 19.4. The van der Waals surface area contributed by atoms with E-state index in [4.69, 9.17) is 9.47 Å². The van der Waals surface area contributed by atoms with E-state index in [1.165, 1.54) is 23.2 Å². The van der Waals surface area contributed by atoms with E-state index in [1.54, 1.807) is 32.9 Å². The molecule has 1 saturated carbocycles. The number of hydrogen-bond donors (Lipinski definition) is 1. The minimum Gasteiger partial charge on any atom is -0.487 e. The highest BCUT2D eigenvalue weighted by Crippen LogP contribution is 2.39. The standard InChI is InChI=1S/C32H36F3N3O5/c1-18(2)38(30(39)23-9-6-19(3)7-10-23)27-12-11-24(15-25(27)31(40)41)43-29-26(32(33,34)35)14-22(16-36-29)17-42-28-13-8-20(4)37-21(28)5/h8,11-16,18-19,23H,6-7,9-10,17H2,1-5H3,(H,40,41)/t19-,23-. The fourth-order valence-corrected chi connectivity index (χ4v) is 5.27. The maximum absolute atomic E-state index is 14.0. The first kappa shape index (κ1) is 31.8. The van der Waals surface area contributed by atoms with Crippen LogP contribution in [0.15, 0.2) is 42.6 Å². The topological polar surface area (TPSA) is 102 Å². The molecule has 230 valence electrons. The highest BCUT2D eigenvalue weighted by Gasteiger charge is 2.37. The molecule has 11 heteroatoms. The number of rotatable bonds is 9. The van der Waals surface area contributed by atoms with Crippen molar-refractivity contribution >= 4 is 17.6 Å². The summed E-state index contributed by atoms with van der Waals surface area (Å²) in [6.07, 6.45) is -0.319. The molecular formula is C32H36F3N3O5. The number of halogens is 3. The summed E-state index contributed by atoms with van der Waals surface area (Å²) >= 11 is 0. The molecule has 0 radical (unpaired) electrons. The second kappa shape index (κ2) is 13.0. The van der Waals surface area contributed by atoms with Crippen molar-refractivity contribution in [1.82, 2.24) is 9.97 Å². The van der Waals surface area contributed by atoms with Gasteiger partial charge in [0.25, 0.3) is 0 Å². The van der Waals surface area contributed by atoms with Crippen LogP contribution in [0.1, 0.15) is 79.3 Å². The lowest BCUT2D eigenvalue weighted by Crippen LogP contribution is -2.42. The number of anilines is 1. The van der Waals surface area contributed by atoms with Crippen LogP contribution >= 0.6 is 0 Å². The SMILES string of the molecule is Cc1ccc(OCc2cnc(Oc3ccc(N(C(=O)[C@H]4CC[C@H](C)CC4)C(C)C)c(C(=O)O)c3)c(C(F)(F)F)c2)c(C)n1. The Labute approximate surface area is 248 Å². The number of aromatic carboxylic acids is 1. The Balaban J connectivity index is 1.60. The molecule has 0 bridgehead atoms. The zero-order chi connectivity index (χ0) is 31.5. The summed E-state index contributed by atoms with van der Waals surface area (Å²) in [5, 5.41) is 10.0. The molecule has 0 atom stereocenters. The molecule has 0 unspecified atom stereocenters. The summed E-state index contributed by atoms with van der Waals surface area (Å²) in [5.41, 5.74) is 0.310. The number of carbonyl (C=O) groups excluding carboxylic acids is 1. The van der Waals surface area contributed by atoms with Crippen LogP contribution in [0.3, 0.4) is 0 Å². The molecule has 0 spiro atoms. The maximum atomic E-state index is 14.0. The van der Waals surface area contributed by atoms with Crippen LogP contribution in [0.2, 0.25) is 0 Å². The number of carboxylic acids is 1. The largest absolute Gasteiger partial charge is 0.487 e. The molecule has 43 heavy (non-hydrogen) atoms.